The maximum atomic E-state index is 5.97. The molecule has 0 bridgehead atoms. The van der Waals surface area contributed by atoms with Crippen LogP contribution in [0.25, 0.3) is 11.0 Å². The van der Waals surface area contributed by atoms with Gasteiger partial charge in [-0.3, -0.25) is 0 Å². The molecule has 19 heavy (non-hydrogen) atoms. The van der Waals surface area contributed by atoms with Gasteiger partial charge in [0, 0.05) is 16.7 Å². The maximum absolute atomic E-state index is 5.97. The lowest BCUT2D eigenvalue weighted by atomic mass is 10.1. The number of furan rings is 1. The highest BCUT2D eigenvalue weighted by molar-refractivity contribution is 7.09. The molecule has 3 rings (SSSR count). The Labute approximate surface area is 117 Å². The topological polar surface area (TPSA) is 25.2 Å². The summed E-state index contributed by atoms with van der Waals surface area (Å²) in [6, 6.07) is 14.8. The molecule has 2 nitrogen and oxygen atoms in total. The zero-order valence-corrected chi connectivity index (χ0v) is 11.7. The van der Waals surface area contributed by atoms with Crippen LogP contribution in [0.1, 0.15) is 23.6 Å². The number of nitrogens with one attached hydrogen (secondary N) is 1. The van der Waals surface area contributed by atoms with Crippen molar-refractivity contribution in [2.75, 3.05) is 6.54 Å². The van der Waals surface area contributed by atoms with Crippen molar-refractivity contribution in [2.45, 2.75) is 19.4 Å². The van der Waals surface area contributed by atoms with Crippen LogP contribution < -0.4 is 5.32 Å². The van der Waals surface area contributed by atoms with Crippen molar-refractivity contribution in [3.05, 3.63) is 58.5 Å². The van der Waals surface area contributed by atoms with E-state index in [1.807, 2.05) is 18.2 Å². The molecule has 2 heterocycles. The predicted molar refractivity (Wildman–Crippen MR) is 80.7 cm³/mol. The molecule has 0 aliphatic carbocycles. The third-order valence-corrected chi connectivity index (χ3v) is 4.12. The summed E-state index contributed by atoms with van der Waals surface area (Å²) in [5, 5.41) is 6.81. The summed E-state index contributed by atoms with van der Waals surface area (Å²) in [6.07, 6.45) is 0.978. The number of likely N-dealkylation sites (N-methyl/N-ethyl adjacent to an activating group) is 1. The van der Waals surface area contributed by atoms with E-state index in [-0.39, 0.29) is 6.04 Å². The monoisotopic (exact) mass is 271 g/mol. The largest absolute Gasteiger partial charge is 0.459 e. The molecule has 0 saturated heterocycles. The minimum atomic E-state index is 0.246. The molecule has 98 valence electrons. The van der Waals surface area contributed by atoms with Crippen molar-refractivity contribution in [3.8, 4) is 0 Å². The van der Waals surface area contributed by atoms with Crippen molar-refractivity contribution in [1.82, 2.24) is 5.32 Å². The minimum absolute atomic E-state index is 0.246. The number of benzene rings is 1. The normalized spacial score (nSPS) is 12.9. The van der Waals surface area contributed by atoms with Gasteiger partial charge in [0.2, 0.25) is 0 Å². The van der Waals surface area contributed by atoms with E-state index < -0.39 is 0 Å². The number of thiophene rings is 1. The Hall–Kier alpha value is -1.58. The van der Waals surface area contributed by atoms with Crippen LogP contribution in [-0.4, -0.2) is 6.54 Å². The molecule has 0 saturated carbocycles. The van der Waals surface area contributed by atoms with Crippen LogP contribution in [0.3, 0.4) is 0 Å². The number of hydrogen-bond acceptors (Lipinski definition) is 3. The van der Waals surface area contributed by atoms with Crippen molar-refractivity contribution in [2.24, 2.45) is 0 Å². The number of fused-ring (bicyclic) bond motifs is 1. The van der Waals surface area contributed by atoms with Gasteiger partial charge in [0.15, 0.2) is 0 Å². The van der Waals surface area contributed by atoms with Crippen LogP contribution in [0.4, 0.5) is 0 Å². The second kappa shape index (κ2) is 5.59. The van der Waals surface area contributed by atoms with Gasteiger partial charge in [-0.2, -0.15) is 0 Å². The molecule has 0 aliphatic rings. The van der Waals surface area contributed by atoms with Crippen LogP contribution in [0.2, 0.25) is 0 Å². The van der Waals surface area contributed by atoms with Gasteiger partial charge in [0.05, 0.1) is 6.04 Å². The average Bonchev–Trinajstić information content (AvgIpc) is 3.06. The standard InChI is InChI=1S/C16H17NOS/c1-2-17-14(11-13-7-5-9-19-13)16-10-12-6-3-4-8-15(12)18-16/h3-10,14,17H,2,11H2,1H3. The Morgan fingerprint density at radius 3 is 2.84 bits per heavy atom. The van der Waals surface area contributed by atoms with E-state index in [0.717, 1.165) is 24.3 Å². The average molecular weight is 271 g/mol. The summed E-state index contributed by atoms with van der Waals surface area (Å²) >= 11 is 1.80. The Morgan fingerprint density at radius 1 is 1.21 bits per heavy atom. The number of para-hydroxylation sites is 1. The van der Waals surface area contributed by atoms with E-state index in [9.17, 15) is 0 Å². The zero-order chi connectivity index (χ0) is 13.1. The van der Waals surface area contributed by atoms with Crippen molar-refractivity contribution >= 4 is 22.3 Å². The van der Waals surface area contributed by atoms with E-state index in [1.54, 1.807) is 11.3 Å². The molecular formula is C16H17NOS. The summed E-state index contributed by atoms with van der Waals surface area (Å²) in [4.78, 5) is 1.38. The van der Waals surface area contributed by atoms with Crippen molar-refractivity contribution in [1.29, 1.82) is 0 Å². The summed E-state index contributed by atoms with van der Waals surface area (Å²) in [5.74, 6) is 1.02. The van der Waals surface area contributed by atoms with E-state index >= 15 is 0 Å². The molecule has 1 N–H and O–H groups in total. The minimum Gasteiger partial charge on any atom is -0.459 e. The Bertz CT molecular complexity index is 609. The van der Waals surface area contributed by atoms with Gasteiger partial charge in [-0.05, 0) is 30.1 Å². The summed E-state index contributed by atoms with van der Waals surface area (Å²) in [7, 11) is 0. The molecule has 0 spiro atoms. The lowest BCUT2D eigenvalue weighted by Gasteiger charge is -2.14. The quantitative estimate of drug-likeness (QED) is 0.744. The fourth-order valence-electron chi connectivity index (χ4n) is 2.32. The first-order chi connectivity index (χ1) is 9.36. The molecule has 1 atom stereocenters. The van der Waals surface area contributed by atoms with Crippen molar-refractivity contribution < 1.29 is 4.42 Å². The van der Waals surface area contributed by atoms with Gasteiger partial charge < -0.3 is 9.73 Å². The van der Waals surface area contributed by atoms with Crippen molar-refractivity contribution in [3.63, 3.8) is 0 Å². The van der Waals surface area contributed by atoms with Crippen LogP contribution in [0.5, 0.6) is 0 Å². The summed E-state index contributed by atoms with van der Waals surface area (Å²) < 4.78 is 5.97. The van der Waals surface area contributed by atoms with Gasteiger partial charge in [0.25, 0.3) is 0 Å². The third-order valence-electron chi connectivity index (χ3n) is 3.22. The fraction of sp³-hybridized carbons (Fsp3) is 0.250. The van der Waals surface area contributed by atoms with Gasteiger partial charge in [0.1, 0.15) is 11.3 Å². The molecule has 3 aromatic rings. The molecule has 1 unspecified atom stereocenters. The first-order valence-corrected chi connectivity index (χ1v) is 7.49. The molecule has 3 heteroatoms. The second-order valence-electron chi connectivity index (χ2n) is 4.58. The molecule has 0 radical (unpaired) electrons. The fourth-order valence-corrected chi connectivity index (χ4v) is 3.08. The highest BCUT2D eigenvalue weighted by Crippen LogP contribution is 2.27. The van der Waals surface area contributed by atoms with Gasteiger partial charge in [-0.25, -0.2) is 0 Å². The summed E-state index contributed by atoms with van der Waals surface area (Å²) in [6.45, 7) is 3.07. The Kier molecular flexibility index (Phi) is 3.67. The first-order valence-electron chi connectivity index (χ1n) is 6.61. The van der Waals surface area contributed by atoms with Gasteiger partial charge in [-0.1, -0.05) is 31.2 Å². The van der Waals surface area contributed by atoms with E-state index in [0.29, 0.717) is 0 Å². The highest BCUT2D eigenvalue weighted by Gasteiger charge is 2.16. The van der Waals surface area contributed by atoms with Crippen LogP contribution >= 0.6 is 11.3 Å². The van der Waals surface area contributed by atoms with E-state index in [4.69, 9.17) is 4.42 Å². The smallest absolute Gasteiger partial charge is 0.134 e. The van der Waals surface area contributed by atoms with Crippen LogP contribution in [0, 0.1) is 0 Å². The summed E-state index contributed by atoms with van der Waals surface area (Å²) in [5.41, 5.74) is 0.964. The number of hydrogen-bond donors (Lipinski definition) is 1. The zero-order valence-electron chi connectivity index (χ0n) is 10.9. The Morgan fingerprint density at radius 2 is 2.11 bits per heavy atom. The second-order valence-corrected chi connectivity index (χ2v) is 5.61. The van der Waals surface area contributed by atoms with Crippen LogP contribution in [0.15, 0.2) is 52.3 Å². The van der Waals surface area contributed by atoms with Gasteiger partial charge >= 0.3 is 0 Å². The third kappa shape index (κ3) is 2.72. The van der Waals surface area contributed by atoms with Gasteiger partial charge in [-0.15, -0.1) is 11.3 Å². The highest BCUT2D eigenvalue weighted by atomic mass is 32.1. The Balaban J connectivity index is 1.90. The predicted octanol–water partition coefficient (Wildman–Crippen LogP) is 4.39. The molecule has 1 aromatic carbocycles. The molecule has 0 fully saturated rings. The lowest BCUT2D eigenvalue weighted by molar-refractivity contribution is 0.436. The maximum Gasteiger partial charge on any atom is 0.134 e. The van der Waals surface area contributed by atoms with E-state index in [2.05, 4.69) is 41.9 Å². The molecular weight excluding hydrogens is 254 g/mol. The SMILES string of the molecule is CCNC(Cc1cccs1)c1cc2ccccc2o1. The number of rotatable bonds is 5. The molecule has 0 amide bonds. The lowest BCUT2D eigenvalue weighted by Crippen LogP contribution is -2.22. The molecule has 0 aliphatic heterocycles. The van der Waals surface area contributed by atoms with Crippen LogP contribution in [-0.2, 0) is 6.42 Å². The molecule has 2 aromatic heterocycles. The van der Waals surface area contributed by atoms with E-state index in [1.165, 1.54) is 10.3 Å². The first kappa shape index (κ1) is 12.5.